The highest BCUT2D eigenvalue weighted by Gasteiger charge is 2.16. The van der Waals surface area contributed by atoms with Gasteiger partial charge in [-0.25, -0.2) is 4.79 Å². The van der Waals surface area contributed by atoms with Crippen molar-refractivity contribution in [3.05, 3.63) is 83.4 Å². The molecule has 0 saturated carbocycles. The van der Waals surface area contributed by atoms with Gasteiger partial charge < -0.3 is 5.32 Å². The van der Waals surface area contributed by atoms with E-state index in [1.807, 2.05) is 29.6 Å². The van der Waals surface area contributed by atoms with Gasteiger partial charge in [-0.15, -0.1) is 22.7 Å². The number of amides is 1. The molecule has 1 amide bonds. The van der Waals surface area contributed by atoms with Crippen LogP contribution in [0.5, 0.6) is 0 Å². The first-order chi connectivity index (χ1) is 14.0. The number of aryl methyl sites for hydroxylation is 1. The molecular weight excluding hydrogens is 474 g/mol. The lowest BCUT2D eigenvalue weighted by atomic mass is 10.3. The molecule has 9 heteroatoms. The van der Waals surface area contributed by atoms with Crippen molar-refractivity contribution < 1.29 is 4.79 Å². The monoisotopic (exact) mass is 489 g/mol. The highest BCUT2D eigenvalue weighted by atomic mass is 79.9. The number of carbonyl (C=O) groups excluding carboxylic acids is 1. The molecule has 4 rings (SSSR count). The van der Waals surface area contributed by atoms with Crippen LogP contribution in [0, 0.1) is 0 Å². The molecule has 29 heavy (non-hydrogen) atoms. The summed E-state index contributed by atoms with van der Waals surface area (Å²) in [4.78, 5) is 39.5. The minimum Gasteiger partial charge on any atom is -0.324 e. The van der Waals surface area contributed by atoms with Crippen molar-refractivity contribution in [1.82, 2.24) is 9.13 Å². The van der Waals surface area contributed by atoms with Gasteiger partial charge >= 0.3 is 5.69 Å². The van der Waals surface area contributed by atoms with Crippen molar-refractivity contribution in [3.8, 4) is 0 Å². The molecule has 3 heterocycles. The number of thiophene rings is 2. The molecule has 0 spiro atoms. The van der Waals surface area contributed by atoms with Crippen molar-refractivity contribution in [2.45, 2.75) is 19.5 Å². The zero-order valence-electron chi connectivity index (χ0n) is 15.1. The summed E-state index contributed by atoms with van der Waals surface area (Å²) < 4.78 is 3.92. The summed E-state index contributed by atoms with van der Waals surface area (Å²) in [6, 6.07) is 12.8. The summed E-state index contributed by atoms with van der Waals surface area (Å²) in [5.41, 5.74) is 0.342. The van der Waals surface area contributed by atoms with E-state index in [0.717, 1.165) is 9.35 Å². The van der Waals surface area contributed by atoms with E-state index in [9.17, 15) is 14.4 Å². The predicted molar refractivity (Wildman–Crippen MR) is 121 cm³/mol. The van der Waals surface area contributed by atoms with Crippen LogP contribution in [0.3, 0.4) is 0 Å². The van der Waals surface area contributed by atoms with Crippen LogP contribution in [-0.2, 0) is 24.3 Å². The number of halogens is 1. The second-order valence-corrected chi connectivity index (χ2v) is 9.21. The van der Waals surface area contributed by atoms with E-state index in [1.54, 1.807) is 34.9 Å². The van der Waals surface area contributed by atoms with E-state index < -0.39 is 5.69 Å². The number of fused-ring (bicyclic) bond motifs is 1. The Kier molecular flexibility index (Phi) is 5.79. The minimum absolute atomic E-state index is 0.169. The number of hydrogen-bond acceptors (Lipinski definition) is 5. The fraction of sp³-hybridized carbons (Fsp3) is 0.150. The maximum Gasteiger partial charge on any atom is 0.332 e. The molecule has 6 nitrogen and oxygen atoms in total. The standard InChI is InChI=1S/C20H16BrN3O3S2/c21-13-3-1-4-14(11-13)22-17(25)12-24-16-7-10-29-18(16)19(26)23(20(24)27)8-6-15-5-2-9-28-15/h1-5,7,9-11H,6,8,12H2,(H,22,25). The topological polar surface area (TPSA) is 73.1 Å². The van der Waals surface area contributed by atoms with Crippen molar-refractivity contribution in [1.29, 1.82) is 0 Å². The van der Waals surface area contributed by atoms with Gasteiger partial charge in [-0.3, -0.25) is 18.7 Å². The molecule has 1 N–H and O–H groups in total. The van der Waals surface area contributed by atoms with Gasteiger partial charge in [0.15, 0.2) is 0 Å². The van der Waals surface area contributed by atoms with Gasteiger partial charge in [0.2, 0.25) is 5.91 Å². The molecule has 4 aromatic rings. The normalized spacial score (nSPS) is 11.1. The molecule has 0 aliphatic carbocycles. The molecule has 1 aromatic carbocycles. The van der Waals surface area contributed by atoms with E-state index >= 15 is 0 Å². The number of nitrogens with zero attached hydrogens (tertiary/aromatic N) is 2. The second-order valence-electron chi connectivity index (χ2n) is 6.35. The molecule has 3 aromatic heterocycles. The summed E-state index contributed by atoms with van der Waals surface area (Å²) >= 11 is 6.23. The number of anilines is 1. The summed E-state index contributed by atoms with van der Waals surface area (Å²) in [6.45, 7) is 0.108. The SMILES string of the molecule is O=C(Cn1c(=O)n(CCc2cccs2)c(=O)c2sccc21)Nc1cccc(Br)c1. The zero-order chi connectivity index (χ0) is 20.4. The van der Waals surface area contributed by atoms with Crippen molar-refractivity contribution in [2.24, 2.45) is 0 Å². The Morgan fingerprint density at radius 3 is 2.66 bits per heavy atom. The minimum atomic E-state index is -0.471. The fourth-order valence-electron chi connectivity index (χ4n) is 3.07. The Morgan fingerprint density at radius 2 is 1.90 bits per heavy atom. The van der Waals surface area contributed by atoms with Crippen LogP contribution >= 0.6 is 38.6 Å². The Hall–Kier alpha value is -2.49. The first-order valence-corrected chi connectivity index (χ1v) is 11.4. The number of hydrogen-bond donors (Lipinski definition) is 1. The number of nitrogens with one attached hydrogen (secondary N) is 1. The van der Waals surface area contributed by atoms with Crippen molar-refractivity contribution in [3.63, 3.8) is 0 Å². The summed E-state index contributed by atoms with van der Waals surface area (Å²) in [7, 11) is 0. The van der Waals surface area contributed by atoms with Gasteiger partial charge in [-0.05, 0) is 47.5 Å². The van der Waals surface area contributed by atoms with E-state index in [1.165, 1.54) is 20.5 Å². The number of benzene rings is 1. The highest BCUT2D eigenvalue weighted by molar-refractivity contribution is 9.10. The van der Waals surface area contributed by atoms with Crippen LogP contribution in [0.15, 0.2) is 67.3 Å². The summed E-state index contributed by atoms with van der Waals surface area (Å²) in [5, 5.41) is 6.52. The Morgan fingerprint density at radius 1 is 1.03 bits per heavy atom. The average Bonchev–Trinajstić information content (AvgIpc) is 3.37. The predicted octanol–water partition coefficient (Wildman–Crippen LogP) is 3.93. The molecule has 0 aliphatic heterocycles. The Labute approximate surface area is 182 Å². The molecular formula is C20H16BrN3O3S2. The van der Waals surface area contributed by atoms with Gasteiger partial charge in [0.1, 0.15) is 11.2 Å². The summed E-state index contributed by atoms with van der Waals surface area (Å²) in [6.07, 6.45) is 0.591. The molecule has 0 unspecified atom stereocenters. The molecule has 0 aliphatic rings. The number of aromatic nitrogens is 2. The Bertz CT molecular complexity index is 1290. The van der Waals surface area contributed by atoms with Gasteiger partial charge in [0.25, 0.3) is 5.56 Å². The lowest BCUT2D eigenvalue weighted by molar-refractivity contribution is -0.116. The van der Waals surface area contributed by atoms with Gasteiger partial charge in [-0.2, -0.15) is 0 Å². The third-order valence-corrected chi connectivity index (χ3v) is 6.73. The molecule has 0 atom stereocenters. The molecule has 0 bridgehead atoms. The lowest BCUT2D eigenvalue weighted by Gasteiger charge is -2.12. The molecule has 148 valence electrons. The number of carbonyl (C=O) groups is 1. The first-order valence-electron chi connectivity index (χ1n) is 8.81. The Balaban J connectivity index is 1.66. The maximum absolute atomic E-state index is 13.0. The second kappa shape index (κ2) is 8.48. The third-order valence-electron chi connectivity index (χ3n) is 4.41. The number of rotatable bonds is 6. The zero-order valence-corrected chi connectivity index (χ0v) is 18.4. The smallest absolute Gasteiger partial charge is 0.324 e. The lowest BCUT2D eigenvalue weighted by Crippen LogP contribution is -2.41. The van der Waals surface area contributed by atoms with Crippen LogP contribution in [0.1, 0.15) is 4.88 Å². The van der Waals surface area contributed by atoms with E-state index in [0.29, 0.717) is 22.3 Å². The van der Waals surface area contributed by atoms with E-state index in [-0.39, 0.29) is 24.6 Å². The van der Waals surface area contributed by atoms with Gasteiger partial charge in [-0.1, -0.05) is 28.1 Å². The molecule has 0 saturated heterocycles. The van der Waals surface area contributed by atoms with Crippen LogP contribution in [0.25, 0.3) is 10.2 Å². The van der Waals surface area contributed by atoms with Gasteiger partial charge in [0.05, 0.1) is 5.52 Å². The third kappa shape index (κ3) is 4.26. The molecule has 0 fully saturated rings. The first kappa shape index (κ1) is 19.8. The fourth-order valence-corrected chi connectivity index (χ4v) is 5.01. The van der Waals surface area contributed by atoms with Gasteiger partial charge in [0, 0.05) is 21.6 Å². The van der Waals surface area contributed by atoms with Crippen molar-refractivity contribution in [2.75, 3.05) is 5.32 Å². The van der Waals surface area contributed by atoms with Crippen molar-refractivity contribution >= 4 is 60.4 Å². The quantitative estimate of drug-likeness (QED) is 0.445. The van der Waals surface area contributed by atoms with Crippen LogP contribution < -0.4 is 16.6 Å². The van der Waals surface area contributed by atoms with Crippen LogP contribution in [0.2, 0.25) is 0 Å². The maximum atomic E-state index is 13.0. The molecule has 0 radical (unpaired) electrons. The van der Waals surface area contributed by atoms with Crippen LogP contribution in [0.4, 0.5) is 5.69 Å². The summed E-state index contributed by atoms with van der Waals surface area (Å²) in [5.74, 6) is -0.332. The van der Waals surface area contributed by atoms with E-state index in [2.05, 4.69) is 21.2 Å². The van der Waals surface area contributed by atoms with Crippen LogP contribution in [-0.4, -0.2) is 15.0 Å². The highest BCUT2D eigenvalue weighted by Crippen LogP contribution is 2.17. The van der Waals surface area contributed by atoms with E-state index in [4.69, 9.17) is 0 Å². The largest absolute Gasteiger partial charge is 0.332 e. The average molecular weight is 490 g/mol.